The number of carboxylic acid groups (broad SMARTS) is 3. The average Bonchev–Trinajstić information content (AvgIpc) is 2.51. The number of carbonyl (C=O) groups is 3. The minimum absolute atomic E-state index is 0.0876. The number of aliphatic carboxylic acids is 3. The molecule has 7 nitrogen and oxygen atoms in total. The molecule has 0 amide bonds. The zero-order valence-electron chi connectivity index (χ0n) is 14.3. The summed E-state index contributed by atoms with van der Waals surface area (Å²) in [5.74, 6) is -2.85. The molecule has 0 rings (SSSR count). The second-order valence-corrected chi connectivity index (χ2v) is 6.16. The van der Waals surface area contributed by atoms with Gasteiger partial charge in [0.2, 0.25) is 0 Å². The zero-order valence-corrected chi connectivity index (χ0v) is 14.3. The molecule has 0 atom stereocenters. The molecule has 0 aromatic heterocycles. The van der Waals surface area contributed by atoms with Gasteiger partial charge in [0.25, 0.3) is 0 Å². The number of quaternary nitrogens is 1. The molecule has 0 bridgehead atoms. The standard InChI is InChI=1S/C17H29NO6/c1-2-3-4-5-6-7-11-18(12-8-15(19)20,13-9-16(21)22)14-10-17(23)24/h2H,1,3-14H2,(H2-,19,20,21,22,23,24)/p+1. The lowest BCUT2D eigenvalue weighted by molar-refractivity contribution is -0.927. The van der Waals surface area contributed by atoms with E-state index in [0.29, 0.717) is 6.54 Å². The summed E-state index contributed by atoms with van der Waals surface area (Å²) in [6, 6.07) is 0. The van der Waals surface area contributed by atoms with Gasteiger partial charge in [0.05, 0.1) is 45.4 Å². The molecular formula is C17H30NO6+. The summed E-state index contributed by atoms with van der Waals surface area (Å²) in [6.07, 6.45) is 6.42. The van der Waals surface area contributed by atoms with Crippen LogP contribution in [0, 0.1) is 0 Å². The number of nitrogens with zero attached hydrogens (tertiary/aromatic N) is 1. The maximum absolute atomic E-state index is 10.9. The van der Waals surface area contributed by atoms with E-state index in [9.17, 15) is 14.4 Å². The van der Waals surface area contributed by atoms with E-state index in [-0.39, 0.29) is 43.4 Å². The molecule has 0 unspecified atom stereocenters. The second kappa shape index (κ2) is 12.5. The number of hydrogen-bond donors (Lipinski definition) is 3. The van der Waals surface area contributed by atoms with E-state index in [1.165, 1.54) is 0 Å². The highest BCUT2D eigenvalue weighted by atomic mass is 16.4. The zero-order chi connectivity index (χ0) is 18.4. The van der Waals surface area contributed by atoms with Crippen LogP contribution in [0.15, 0.2) is 12.7 Å². The average molecular weight is 344 g/mol. The summed E-state index contributed by atoms with van der Waals surface area (Å²) < 4.78 is 0.242. The molecule has 0 aromatic carbocycles. The van der Waals surface area contributed by atoms with E-state index in [4.69, 9.17) is 15.3 Å². The van der Waals surface area contributed by atoms with Gasteiger partial charge in [-0.25, -0.2) is 0 Å². The van der Waals surface area contributed by atoms with Gasteiger partial charge in [-0.15, -0.1) is 6.58 Å². The van der Waals surface area contributed by atoms with Crippen molar-refractivity contribution in [1.29, 1.82) is 0 Å². The van der Waals surface area contributed by atoms with Crippen LogP contribution in [-0.2, 0) is 14.4 Å². The molecule has 0 aromatic rings. The van der Waals surface area contributed by atoms with Gasteiger partial charge in [-0.2, -0.15) is 0 Å². The molecular weight excluding hydrogens is 314 g/mol. The summed E-state index contributed by atoms with van der Waals surface area (Å²) in [5.41, 5.74) is 0. The SMILES string of the molecule is C=CCCCCCC[N+](CCC(=O)O)(CCC(=O)O)CCC(=O)O. The topological polar surface area (TPSA) is 112 Å². The molecule has 0 aliphatic rings. The summed E-state index contributed by atoms with van der Waals surface area (Å²) >= 11 is 0. The van der Waals surface area contributed by atoms with Gasteiger partial charge in [0.1, 0.15) is 0 Å². The van der Waals surface area contributed by atoms with E-state index in [1.54, 1.807) is 0 Å². The number of rotatable bonds is 16. The van der Waals surface area contributed by atoms with Gasteiger partial charge in [-0.1, -0.05) is 12.5 Å². The Morgan fingerprint density at radius 2 is 1.12 bits per heavy atom. The number of allylic oxidation sites excluding steroid dienone is 1. The minimum Gasteiger partial charge on any atom is -0.481 e. The summed E-state index contributed by atoms with van der Waals surface area (Å²) in [4.78, 5) is 32.8. The summed E-state index contributed by atoms with van der Waals surface area (Å²) in [7, 11) is 0. The van der Waals surface area contributed by atoms with Gasteiger partial charge in [0, 0.05) is 0 Å². The highest BCUT2D eigenvalue weighted by Gasteiger charge is 2.29. The highest BCUT2D eigenvalue weighted by molar-refractivity contribution is 5.67. The van der Waals surface area contributed by atoms with Crippen LogP contribution in [0.3, 0.4) is 0 Å². The minimum atomic E-state index is -0.950. The fraction of sp³-hybridized carbons (Fsp3) is 0.706. The van der Waals surface area contributed by atoms with Crippen LogP contribution >= 0.6 is 0 Å². The molecule has 3 N–H and O–H groups in total. The highest BCUT2D eigenvalue weighted by Crippen LogP contribution is 2.16. The fourth-order valence-electron chi connectivity index (χ4n) is 2.76. The third-order valence-corrected chi connectivity index (χ3v) is 4.19. The molecule has 0 heterocycles. The first-order chi connectivity index (χ1) is 11.3. The van der Waals surface area contributed by atoms with E-state index in [2.05, 4.69) is 6.58 Å². The van der Waals surface area contributed by atoms with Crippen molar-refractivity contribution in [2.75, 3.05) is 26.2 Å². The van der Waals surface area contributed by atoms with E-state index >= 15 is 0 Å². The van der Waals surface area contributed by atoms with Crippen molar-refractivity contribution in [1.82, 2.24) is 0 Å². The molecule has 0 spiro atoms. The lowest BCUT2D eigenvalue weighted by Crippen LogP contribution is -2.52. The predicted molar refractivity (Wildman–Crippen MR) is 89.8 cm³/mol. The largest absolute Gasteiger partial charge is 0.481 e. The van der Waals surface area contributed by atoms with Gasteiger partial charge in [0.15, 0.2) is 0 Å². The van der Waals surface area contributed by atoms with Crippen LogP contribution in [0.1, 0.15) is 51.4 Å². The molecule has 138 valence electrons. The summed E-state index contributed by atoms with van der Waals surface area (Å²) in [6.45, 7) is 5.08. The van der Waals surface area contributed by atoms with Crippen LogP contribution in [0.5, 0.6) is 0 Å². The van der Waals surface area contributed by atoms with Gasteiger partial charge in [-0.05, 0) is 25.7 Å². The van der Waals surface area contributed by atoms with Crippen molar-refractivity contribution in [3.05, 3.63) is 12.7 Å². The predicted octanol–water partition coefficient (Wildman–Crippen LogP) is 2.36. The molecule has 0 saturated heterocycles. The van der Waals surface area contributed by atoms with Crippen LogP contribution in [0.25, 0.3) is 0 Å². The van der Waals surface area contributed by atoms with Crippen molar-refractivity contribution >= 4 is 17.9 Å². The van der Waals surface area contributed by atoms with Crippen molar-refractivity contribution in [2.45, 2.75) is 51.4 Å². The Hall–Kier alpha value is -1.89. The van der Waals surface area contributed by atoms with Crippen LogP contribution in [0.4, 0.5) is 0 Å². The third kappa shape index (κ3) is 11.6. The van der Waals surface area contributed by atoms with Crippen LogP contribution in [-0.4, -0.2) is 63.9 Å². The monoisotopic (exact) mass is 344 g/mol. The van der Waals surface area contributed by atoms with Crippen molar-refractivity contribution in [2.24, 2.45) is 0 Å². The lowest BCUT2D eigenvalue weighted by Gasteiger charge is -2.38. The van der Waals surface area contributed by atoms with Crippen LogP contribution < -0.4 is 0 Å². The van der Waals surface area contributed by atoms with Crippen LogP contribution in [0.2, 0.25) is 0 Å². The maximum Gasteiger partial charge on any atom is 0.309 e. The Balaban J connectivity index is 4.78. The molecule has 0 fully saturated rings. The molecule has 0 aliphatic heterocycles. The molecule has 0 saturated carbocycles. The molecule has 0 radical (unpaired) electrons. The molecule has 7 heteroatoms. The first-order valence-electron chi connectivity index (χ1n) is 8.43. The van der Waals surface area contributed by atoms with Gasteiger partial charge < -0.3 is 19.8 Å². The number of hydrogen-bond acceptors (Lipinski definition) is 3. The first kappa shape index (κ1) is 22.1. The van der Waals surface area contributed by atoms with Crippen molar-refractivity contribution in [3.8, 4) is 0 Å². The first-order valence-corrected chi connectivity index (χ1v) is 8.43. The van der Waals surface area contributed by atoms with Crippen molar-refractivity contribution in [3.63, 3.8) is 0 Å². The Kier molecular flexibility index (Phi) is 11.5. The molecule has 24 heavy (non-hydrogen) atoms. The Bertz CT molecular complexity index is 376. The van der Waals surface area contributed by atoms with Gasteiger partial charge >= 0.3 is 17.9 Å². The van der Waals surface area contributed by atoms with E-state index < -0.39 is 17.9 Å². The smallest absolute Gasteiger partial charge is 0.309 e. The van der Waals surface area contributed by atoms with E-state index in [1.807, 2.05) is 6.08 Å². The third-order valence-electron chi connectivity index (χ3n) is 4.19. The number of carboxylic acids is 3. The maximum atomic E-state index is 10.9. The quantitative estimate of drug-likeness (QED) is 0.225. The normalized spacial score (nSPS) is 11.2. The Morgan fingerprint density at radius 1 is 0.708 bits per heavy atom. The molecule has 0 aliphatic carbocycles. The Labute approximate surface area is 143 Å². The van der Waals surface area contributed by atoms with Crippen molar-refractivity contribution < 1.29 is 34.2 Å². The van der Waals surface area contributed by atoms with Gasteiger partial charge in [-0.3, -0.25) is 14.4 Å². The summed E-state index contributed by atoms with van der Waals surface area (Å²) in [5, 5.41) is 26.8. The Morgan fingerprint density at radius 3 is 1.50 bits per heavy atom. The fourth-order valence-corrected chi connectivity index (χ4v) is 2.76. The second-order valence-electron chi connectivity index (χ2n) is 6.16. The number of unbranched alkanes of at least 4 members (excludes halogenated alkanes) is 4. The van der Waals surface area contributed by atoms with E-state index in [0.717, 1.165) is 32.1 Å². The lowest BCUT2D eigenvalue weighted by atomic mass is 10.1.